The average Bonchev–Trinajstić information content (AvgIpc) is 2.07. The highest BCUT2D eigenvalue weighted by Crippen LogP contribution is 2.08. The zero-order chi connectivity index (χ0) is 8.10. The van der Waals surface area contributed by atoms with E-state index in [-0.39, 0.29) is 0 Å². The SMILES string of the molecule is N#CCc1ccc(NO)cc1. The summed E-state index contributed by atoms with van der Waals surface area (Å²) < 4.78 is 0. The Hall–Kier alpha value is -1.53. The van der Waals surface area contributed by atoms with E-state index >= 15 is 0 Å². The Morgan fingerprint density at radius 1 is 1.36 bits per heavy atom. The third-order valence-corrected chi connectivity index (χ3v) is 1.37. The molecule has 0 fully saturated rings. The van der Waals surface area contributed by atoms with Crippen LogP contribution >= 0.6 is 0 Å². The van der Waals surface area contributed by atoms with Gasteiger partial charge < -0.3 is 0 Å². The highest BCUT2D eigenvalue weighted by atomic mass is 16.5. The van der Waals surface area contributed by atoms with Gasteiger partial charge in [-0.1, -0.05) is 12.1 Å². The van der Waals surface area contributed by atoms with E-state index in [1.165, 1.54) is 0 Å². The molecule has 1 rings (SSSR count). The summed E-state index contributed by atoms with van der Waals surface area (Å²) in [4.78, 5) is 0. The molecular weight excluding hydrogens is 140 g/mol. The van der Waals surface area contributed by atoms with Crippen LogP contribution in [0.1, 0.15) is 5.56 Å². The third-order valence-electron chi connectivity index (χ3n) is 1.37. The van der Waals surface area contributed by atoms with Gasteiger partial charge in [0.1, 0.15) is 0 Å². The molecule has 0 saturated carbocycles. The lowest BCUT2D eigenvalue weighted by Gasteiger charge is -1.97. The molecule has 1 aromatic rings. The molecule has 0 aromatic heterocycles. The maximum Gasteiger partial charge on any atom is 0.0669 e. The number of nitrogens with zero attached hydrogens (tertiary/aromatic N) is 1. The van der Waals surface area contributed by atoms with E-state index in [0.717, 1.165) is 5.56 Å². The number of hydrogen-bond acceptors (Lipinski definition) is 3. The number of nitrogens with one attached hydrogen (secondary N) is 1. The lowest BCUT2D eigenvalue weighted by atomic mass is 10.1. The highest BCUT2D eigenvalue weighted by Gasteiger charge is 1.90. The van der Waals surface area contributed by atoms with Gasteiger partial charge in [0.05, 0.1) is 18.2 Å². The number of benzene rings is 1. The van der Waals surface area contributed by atoms with Crippen molar-refractivity contribution in [1.82, 2.24) is 0 Å². The molecule has 11 heavy (non-hydrogen) atoms. The minimum absolute atomic E-state index is 0.408. The van der Waals surface area contributed by atoms with Crippen LogP contribution in [0.5, 0.6) is 0 Å². The standard InChI is InChI=1S/C8H8N2O/c9-6-5-7-1-3-8(10-11)4-2-7/h1-4,10-11H,5H2. The normalized spacial score (nSPS) is 8.73. The largest absolute Gasteiger partial charge is 0.291 e. The lowest BCUT2D eigenvalue weighted by molar-refractivity contribution is 0.389. The Balaban J connectivity index is 2.76. The molecule has 0 spiro atoms. The van der Waals surface area contributed by atoms with Crippen molar-refractivity contribution in [2.45, 2.75) is 6.42 Å². The van der Waals surface area contributed by atoms with Crippen molar-refractivity contribution in [3.63, 3.8) is 0 Å². The zero-order valence-corrected chi connectivity index (χ0v) is 5.91. The topological polar surface area (TPSA) is 56.0 Å². The first-order chi connectivity index (χ1) is 5.36. The summed E-state index contributed by atoms with van der Waals surface area (Å²) in [6, 6.07) is 9.06. The van der Waals surface area contributed by atoms with Crippen LogP contribution in [0.4, 0.5) is 5.69 Å². The molecule has 0 aliphatic rings. The molecule has 0 bridgehead atoms. The van der Waals surface area contributed by atoms with Gasteiger partial charge in [0.2, 0.25) is 0 Å². The number of nitriles is 1. The molecule has 0 radical (unpaired) electrons. The van der Waals surface area contributed by atoms with E-state index in [2.05, 4.69) is 0 Å². The summed E-state index contributed by atoms with van der Waals surface area (Å²) in [5, 5.41) is 16.8. The quantitative estimate of drug-likeness (QED) is 0.625. The van der Waals surface area contributed by atoms with E-state index in [0.29, 0.717) is 12.1 Å². The monoisotopic (exact) mass is 148 g/mol. The summed E-state index contributed by atoms with van der Waals surface area (Å²) in [7, 11) is 0. The van der Waals surface area contributed by atoms with Gasteiger partial charge in [0, 0.05) is 0 Å². The molecule has 0 amide bonds. The molecule has 3 nitrogen and oxygen atoms in total. The Bertz CT molecular complexity index is 260. The smallest absolute Gasteiger partial charge is 0.0669 e. The summed E-state index contributed by atoms with van der Waals surface area (Å²) in [5.41, 5.74) is 3.60. The van der Waals surface area contributed by atoms with Crippen LogP contribution in [-0.2, 0) is 6.42 Å². The first-order valence-corrected chi connectivity index (χ1v) is 3.23. The van der Waals surface area contributed by atoms with Crippen molar-refractivity contribution < 1.29 is 5.21 Å². The molecule has 2 N–H and O–H groups in total. The van der Waals surface area contributed by atoms with Crippen LogP contribution in [-0.4, -0.2) is 5.21 Å². The molecule has 1 aromatic carbocycles. The molecular formula is C8H8N2O. The molecule has 0 unspecified atom stereocenters. The van der Waals surface area contributed by atoms with Gasteiger partial charge in [-0.05, 0) is 17.7 Å². The van der Waals surface area contributed by atoms with Gasteiger partial charge in [0.25, 0.3) is 0 Å². The maximum atomic E-state index is 8.44. The second-order valence-corrected chi connectivity index (χ2v) is 2.14. The fourth-order valence-electron chi connectivity index (χ4n) is 0.788. The molecule has 0 saturated heterocycles. The summed E-state index contributed by atoms with van der Waals surface area (Å²) in [6.07, 6.45) is 0.408. The van der Waals surface area contributed by atoms with Crippen LogP contribution < -0.4 is 5.48 Å². The van der Waals surface area contributed by atoms with Crippen LogP contribution in [0.2, 0.25) is 0 Å². The van der Waals surface area contributed by atoms with Gasteiger partial charge in [-0.2, -0.15) is 5.26 Å². The minimum atomic E-state index is 0.408. The van der Waals surface area contributed by atoms with E-state index in [1.807, 2.05) is 11.5 Å². The number of rotatable bonds is 2. The van der Waals surface area contributed by atoms with E-state index < -0.39 is 0 Å². The zero-order valence-electron chi connectivity index (χ0n) is 5.91. The second kappa shape index (κ2) is 3.59. The minimum Gasteiger partial charge on any atom is -0.291 e. The van der Waals surface area contributed by atoms with Gasteiger partial charge in [-0.3, -0.25) is 10.7 Å². The Kier molecular flexibility index (Phi) is 2.47. The first-order valence-electron chi connectivity index (χ1n) is 3.23. The second-order valence-electron chi connectivity index (χ2n) is 2.14. The van der Waals surface area contributed by atoms with Crippen LogP contribution in [0.3, 0.4) is 0 Å². The lowest BCUT2D eigenvalue weighted by Crippen LogP contribution is -1.88. The summed E-state index contributed by atoms with van der Waals surface area (Å²) in [6.45, 7) is 0. The number of anilines is 1. The van der Waals surface area contributed by atoms with Crippen molar-refractivity contribution in [2.75, 3.05) is 5.48 Å². The number of hydrogen-bond donors (Lipinski definition) is 2. The van der Waals surface area contributed by atoms with Crippen molar-refractivity contribution in [2.24, 2.45) is 0 Å². The predicted molar refractivity (Wildman–Crippen MR) is 41.2 cm³/mol. The molecule has 56 valence electrons. The molecule has 0 atom stereocenters. The van der Waals surface area contributed by atoms with Gasteiger partial charge in [0.15, 0.2) is 0 Å². The average molecular weight is 148 g/mol. The summed E-state index contributed by atoms with van der Waals surface area (Å²) >= 11 is 0. The van der Waals surface area contributed by atoms with E-state index in [9.17, 15) is 0 Å². The first kappa shape index (κ1) is 7.58. The molecule has 0 heterocycles. The maximum absolute atomic E-state index is 8.44. The Morgan fingerprint density at radius 2 is 2.00 bits per heavy atom. The van der Waals surface area contributed by atoms with Gasteiger partial charge >= 0.3 is 0 Å². The molecule has 0 aliphatic carbocycles. The van der Waals surface area contributed by atoms with Crippen molar-refractivity contribution in [3.8, 4) is 6.07 Å². The molecule has 3 heteroatoms. The fraction of sp³-hybridized carbons (Fsp3) is 0.125. The van der Waals surface area contributed by atoms with Crippen LogP contribution in [0.25, 0.3) is 0 Å². The van der Waals surface area contributed by atoms with E-state index in [4.69, 9.17) is 10.5 Å². The Labute approximate surface area is 64.9 Å². The van der Waals surface area contributed by atoms with Crippen LogP contribution in [0, 0.1) is 11.3 Å². The highest BCUT2D eigenvalue weighted by molar-refractivity contribution is 5.42. The van der Waals surface area contributed by atoms with E-state index in [1.54, 1.807) is 24.3 Å². The van der Waals surface area contributed by atoms with Gasteiger partial charge in [-0.25, -0.2) is 0 Å². The van der Waals surface area contributed by atoms with Crippen molar-refractivity contribution in [1.29, 1.82) is 5.26 Å². The van der Waals surface area contributed by atoms with Crippen LogP contribution in [0.15, 0.2) is 24.3 Å². The molecule has 0 aliphatic heterocycles. The van der Waals surface area contributed by atoms with Crippen molar-refractivity contribution >= 4 is 5.69 Å². The predicted octanol–water partition coefficient (Wildman–Crippen LogP) is 1.55. The Morgan fingerprint density at radius 3 is 2.45 bits per heavy atom. The fourth-order valence-corrected chi connectivity index (χ4v) is 0.788. The summed E-state index contributed by atoms with van der Waals surface area (Å²) in [5.74, 6) is 0. The van der Waals surface area contributed by atoms with Crippen molar-refractivity contribution in [3.05, 3.63) is 29.8 Å². The third kappa shape index (κ3) is 1.95. The van der Waals surface area contributed by atoms with Gasteiger partial charge in [-0.15, -0.1) is 0 Å².